The normalized spacial score (nSPS) is 17.9. The Morgan fingerprint density at radius 3 is 2.47 bits per heavy atom. The molecule has 2 saturated heterocycles. The summed E-state index contributed by atoms with van der Waals surface area (Å²) in [7, 11) is 1.66. The minimum Gasteiger partial charge on any atom is -0.383 e. The first-order valence-electron chi connectivity index (χ1n) is 11.4. The van der Waals surface area contributed by atoms with Crippen molar-refractivity contribution in [2.45, 2.75) is 20.4 Å². The second-order valence-electron chi connectivity index (χ2n) is 8.44. The van der Waals surface area contributed by atoms with Crippen molar-refractivity contribution in [1.29, 1.82) is 0 Å². The summed E-state index contributed by atoms with van der Waals surface area (Å²) < 4.78 is 7.30. The Labute approximate surface area is 204 Å². The molecule has 8 nitrogen and oxygen atoms in total. The number of imide groups is 1. The SMILES string of the molecule is COCCn1c(C)cc(/C=C2\SC(=O)N(CC(=O)N3CCN(c4ccccc4)CC3)C2=O)c1C. The van der Waals surface area contributed by atoms with Gasteiger partial charge in [0.2, 0.25) is 5.91 Å². The van der Waals surface area contributed by atoms with Crippen LogP contribution in [0.5, 0.6) is 0 Å². The number of carbonyl (C=O) groups excluding carboxylic acids is 3. The van der Waals surface area contributed by atoms with Crippen LogP contribution in [0.4, 0.5) is 10.5 Å². The van der Waals surface area contributed by atoms with E-state index in [1.807, 2.05) is 38.1 Å². The summed E-state index contributed by atoms with van der Waals surface area (Å²) in [4.78, 5) is 43.8. The van der Waals surface area contributed by atoms with E-state index in [1.54, 1.807) is 18.1 Å². The van der Waals surface area contributed by atoms with E-state index in [1.165, 1.54) is 0 Å². The number of benzene rings is 1. The summed E-state index contributed by atoms with van der Waals surface area (Å²) >= 11 is 0.890. The first kappa shape index (κ1) is 24.1. The van der Waals surface area contributed by atoms with Crippen LogP contribution >= 0.6 is 11.8 Å². The Hall–Kier alpha value is -3.04. The molecular weight excluding hydrogens is 452 g/mol. The number of rotatable bonds is 7. The van der Waals surface area contributed by atoms with Crippen molar-refractivity contribution in [3.63, 3.8) is 0 Å². The lowest BCUT2D eigenvalue weighted by atomic mass is 10.2. The van der Waals surface area contributed by atoms with Crippen LogP contribution < -0.4 is 4.90 Å². The summed E-state index contributed by atoms with van der Waals surface area (Å²) in [6, 6.07) is 12.1. The van der Waals surface area contributed by atoms with Gasteiger partial charge in [0.25, 0.3) is 11.1 Å². The molecule has 3 heterocycles. The Balaban J connectivity index is 1.38. The number of carbonyl (C=O) groups is 3. The van der Waals surface area contributed by atoms with Crippen molar-refractivity contribution >= 4 is 40.6 Å². The fourth-order valence-electron chi connectivity index (χ4n) is 4.37. The Morgan fingerprint density at radius 1 is 1.09 bits per heavy atom. The maximum absolute atomic E-state index is 13.0. The molecule has 34 heavy (non-hydrogen) atoms. The highest BCUT2D eigenvalue weighted by molar-refractivity contribution is 8.18. The quantitative estimate of drug-likeness (QED) is 0.565. The van der Waals surface area contributed by atoms with E-state index in [-0.39, 0.29) is 12.5 Å². The number of anilines is 1. The Kier molecular flexibility index (Phi) is 7.43. The van der Waals surface area contributed by atoms with E-state index in [0.717, 1.165) is 58.9 Å². The molecule has 1 aromatic carbocycles. The molecule has 2 aliphatic rings. The van der Waals surface area contributed by atoms with E-state index in [2.05, 4.69) is 21.6 Å². The van der Waals surface area contributed by atoms with Crippen molar-refractivity contribution < 1.29 is 19.1 Å². The highest BCUT2D eigenvalue weighted by atomic mass is 32.2. The van der Waals surface area contributed by atoms with Gasteiger partial charge < -0.3 is 19.1 Å². The number of para-hydroxylation sites is 1. The number of piperazine rings is 1. The van der Waals surface area contributed by atoms with E-state index in [0.29, 0.717) is 24.6 Å². The number of thioether (sulfide) groups is 1. The van der Waals surface area contributed by atoms with Crippen molar-refractivity contribution in [2.75, 3.05) is 51.3 Å². The number of amides is 3. The molecule has 2 aliphatic heterocycles. The number of ether oxygens (including phenoxy) is 1. The monoisotopic (exact) mass is 482 g/mol. The molecule has 2 aromatic rings. The number of hydrogen-bond acceptors (Lipinski definition) is 6. The lowest BCUT2D eigenvalue weighted by Gasteiger charge is -2.36. The molecule has 4 rings (SSSR count). The van der Waals surface area contributed by atoms with Gasteiger partial charge >= 0.3 is 0 Å². The fourth-order valence-corrected chi connectivity index (χ4v) is 5.20. The minimum atomic E-state index is -0.409. The molecule has 0 atom stereocenters. The predicted octanol–water partition coefficient (Wildman–Crippen LogP) is 3.14. The van der Waals surface area contributed by atoms with Gasteiger partial charge in [-0.25, -0.2) is 0 Å². The fraction of sp³-hybridized carbons (Fsp3) is 0.400. The summed E-state index contributed by atoms with van der Waals surface area (Å²) in [6.45, 7) is 7.63. The molecule has 0 saturated carbocycles. The van der Waals surface area contributed by atoms with Crippen LogP contribution in [-0.2, 0) is 20.9 Å². The largest absolute Gasteiger partial charge is 0.383 e. The summed E-state index contributed by atoms with van der Waals surface area (Å²) in [6.07, 6.45) is 1.75. The molecule has 9 heteroatoms. The third-order valence-corrected chi connectivity index (χ3v) is 7.25. The van der Waals surface area contributed by atoms with Crippen LogP contribution in [-0.4, -0.2) is 77.9 Å². The van der Waals surface area contributed by atoms with Crippen LogP contribution in [0.1, 0.15) is 17.0 Å². The Bertz CT molecular complexity index is 1100. The van der Waals surface area contributed by atoms with Gasteiger partial charge in [-0.15, -0.1) is 0 Å². The topological polar surface area (TPSA) is 75.1 Å². The molecule has 0 aliphatic carbocycles. The molecule has 1 aromatic heterocycles. The lowest BCUT2D eigenvalue weighted by Crippen LogP contribution is -2.51. The average Bonchev–Trinajstić information content (AvgIpc) is 3.27. The molecule has 0 spiro atoms. The number of hydrogen-bond donors (Lipinski definition) is 0. The van der Waals surface area contributed by atoms with E-state index in [4.69, 9.17) is 4.74 Å². The van der Waals surface area contributed by atoms with Gasteiger partial charge in [0, 0.05) is 56.9 Å². The van der Waals surface area contributed by atoms with Gasteiger partial charge in [-0.2, -0.15) is 0 Å². The predicted molar refractivity (Wildman–Crippen MR) is 134 cm³/mol. The number of aryl methyl sites for hydroxylation is 1. The van der Waals surface area contributed by atoms with Crippen molar-refractivity contribution in [1.82, 2.24) is 14.4 Å². The van der Waals surface area contributed by atoms with Crippen LogP contribution in [0, 0.1) is 13.8 Å². The second-order valence-corrected chi connectivity index (χ2v) is 9.44. The molecule has 3 amide bonds. The lowest BCUT2D eigenvalue weighted by molar-refractivity contribution is -0.136. The van der Waals surface area contributed by atoms with Crippen LogP contribution in [0.25, 0.3) is 6.08 Å². The number of nitrogens with zero attached hydrogens (tertiary/aromatic N) is 4. The third kappa shape index (κ3) is 5.05. The average molecular weight is 483 g/mol. The van der Waals surface area contributed by atoms with E-state index < -0.39 is 11.1 Å². The minimum absolute atomic E-state index is 0.200. The van der Waals surface area contributed by atoms with Gasteiger partial charge in [-0.1, -0.05) is 18.2 Å². The highest BCUT2D eigenvalue weighted by Gasteiger charge is 2.37. The molecule has 0 unspecified atom stereocenters. The van der Waals surface area contributed by atoms with Gasteiger partial charge in [0.1, 0.15) is 6.54 Å². The molecule has 0 radical (unpaired) electrons. The first-order valence-corrected chi connectivity index (χ1v) is 12.2. The second kappa shape index (κ2) is 10.5. The zero-order chi connectivity index (χ0) is 24.2. The van der Waals surface area contributed by atoms with Crippen LogP contribution in [0.3, 0.4) is 0 Å². The first-order chi connectivity index (χ1) is 16.4. The molecule has 0 N–H and O–H groups in total. The summed E-state index contributed by atoms with van der Waals surface area (Å²) in [5.41, 5.74) is 4.09. The van der Waals surface area contributed by atoms with E-state index >= 15 is 0 Å². The van der Waals surface area contributed by atoms with Crippen LogP contribution in [0.2, 0.25) is 0 Å². The standard InChI is InChI=1S/C25H30N4O4S/c1-18-15-20(19(2)28(18)13-14-33-3)16-22-24(31)29(25(32)34-22)17-23(30)27-11-9-26(10-12-27)21-7-5-4-6-8-21/h4-8,15-16H,9-14,17H2,1-3H3/b22-16-. The number of methoxy groups -OCH3 is 1. The smallest absolute Gasteiger partial charge is 0.294 e. The third-order valence-electron chi connectivity index (χ3n) is 6.34. The van der Waals surface area contributed by atoms with Gasteiger partial charge in [0.05, 0.1) is 11.5 Å². The maximum Gasteiger partial charge on any atom is 0.294 e. The van der Waals surface area contributed by atoms with Crippen molar-refractivity contribution in [3.8, 4) is 0 Å². The molecular formula is C25H30N4O4S. The van der Waals surface area contributed by atoms with Gasteiger partial charge in [0.15, 0.2) is 0 Å². The summed E-state index contributed by atoms with van der Waals surface area (Å²) in [5.74, 6) is -0.609. The Morgan fingerprint density at radius 2 is 1.79 bits per heavy atom. The molecule has 2 fully saturated rings. The van der Waals surface area contributed by atoms with E-state index in [9.17, 15) is 14.4 Å². The zero-order valence-electron chi connectivity index (χ0n) is 19.8. The van der Waals surface area contributed by atoms with Gasteiger partial charge in [-0.05, 0) is 55.4 Å². The molecule has 0 bridgehead atoms. The summed E-state index contributed by atoms with van der Waals surface area (Å²) in [5, 5.41) is -0.402. The number of aromatic nitrogens is 1. The highest BCUT2D eigenvalue weighted by Crippen LogP contribution is 2.33. The van der Waals surface area contributed by atoms with Crippen LogP contribution in [0.15, 0.2) is 41.3 Å². The van der Waals surface area contributed by atoms with Crippen molar-refractivity contribution in [2.24, 2.45) is 0 Å². The maximum atomic E-state index is 13.0. The van der Waals surface area contributed by atoms with Gasteiger partial charge in [-0.3, -0.25) is 19.3 Å². The molecule has 180 valence electrons. The van der Waals surface area contributed by atoms with Crippen molar-refractivity contribution in [3.05, 3.63) is 58.3 Å². The zero-order valence-corrected chi connectivity index (χ0v) is 20.6.